The van der Waals surface area contributed by atoms with Gasteiger partial charge in [0.1, 0.15) is 5.75 Å². The van der Waals surface area contributed by atoms with Gasteiger partial charge in [-0.15, -0.1) is 0 Å². The molecule has 0 bridgehead atoms. The van der Waals surface area contributed by atoms with E-state index in [-0.39, 0.29) is 0 Å². The molecule has 0 aliphatic rings. The van der Waals surface area contributed by atoms with Crippen molar-refractivity contribution in [2.45, 2.75) is 20.0 Å². The Kier molecular flexibility index (Phi) is 4.79. The molecule has 0 aliphatic heterocycles. The van der Waals surface area contributed by atoms with E-state index in [9.17, 15) is 5.11 Å². The third-order valence-electron chi connectivity index (χ3n) is 4.09. The third kappa shape index (κ3) is 3.46. The fourth-order valence-electron chi connectivity index (χ4n) is 2.75. The van der Waals surface area contributed by atoms with Crippen molar-refractivity contribution in [2.24, 2.45) is 0 Å². The van der Waals surface area contributed by atoms with Gasteiger partial charge in [-0.2, -0.15) is 0 Å². The highest BCUT2D eigenvalue weighted by Gasteiger charge is 2.13. The lowest BCUT2D eigenvalue weighted by Gasteiger charge is -2.22. The summed E-state index contributed by atoms with van der Waals surface area (Å²) in [7, 11) is 0. The van der Waals surface area contributed by atoms with Crippen LogP contribution < -0.4 is 0 Å². The van der Waals surface area contributed by atoms with E-state index in [1.807, 2.05) is 42.6 Å². The summed E-state index contributed by atoms with van der Waals surface area (Å²) in [6.45, 7) is 4.36. The highest BCUT2D eigenvalue weighted by atomic mass is 35.5. The number of halogens is 1. The van der Waals surface area contributed by atoms with Crippen LogP contribution >= 0.6 is 11.6 Å². The van der Waals surface area contributed by atoms with Crippen molar-refractivity contribution in [2.75, 3.05) is 6.54 Å². The van der Waals surface area contributed by atoms with E-state index >= 15 is 0 Å². The molecule has 0 spiro atoms. The Morgan fingerprint density at radius 2 is 1.91 bits per heavy atom. The summed E-state index contributed by atoms with van der Waals surface area (Å²) in [5, 5.41) is 13.1. The SMILES string of the molecule is CCN(Cc1ccccc1Cl)Cc1c(O)ccc2ccncc12. The van der Waals surface area contributed by atoms with Crippen molar-refractivity contribution in [3.8, 4) is 5.75 Å². The van der Waals surface area contributed by atoms with Crippen LogP contribution in [0.15, 0.2) is 54.9 Å². The van der Waals surface area contributed by atoms with Gasteiger partial charge in [0.05, 0.1) is 0 Å². The van der Waals surface area contributed by atoms with Crippen LogP contribution in [0.4, 0.5) is 0 Å². The van der Waals surface area contributed by atoms with Crippen molar-refractivity contribution >= 4 is 22.4 Å². The number of rotatable bonds is 5. The quantitative estimate of drug-likeness (QED) is 0.743. The van der Waals surface area contributed by atoms with Crippen LogP contribution in [0.1, 0.15) is 18.1 Å². The molecule has 0 aliphatic carbocycles. The summed E-state index contributed by atoms with van der Waals surface area (Å²) in [6.07, 6.45) is 3.58. The van der Waals surface area contributed by atoms with Crippen molar-refractivity contribution in [1.29, 1.82) is 0 Å². The fourth-order valence-corrected chi connectivity index (χ4v) is 2.94. The van der Waals surface area contributed by atoms with E-state index in [4.69, 9.17) is 11.6 Å². The first-order valence-electron chi connectivity index (χ1n) is 7.69. The van der Waals surface area contributed by atoms with Crippen molar-refractivity contribution < 1.29 is 5.11 Å². The number of aromatic hydroxyl groups is 1. The second-order valence-electron chi connectivity index (χ2n) is 5.55. The van der Waals surface area contributed by atoms with Gasteiger partial charge in [0.25, 0.3) is 0 Å². The second-order valence-corrected chi connectivity index (χ2v) is 5.96. The number of nitrogens with zero attached hydrogens (tertiary/aromatic N) is 2. The van der Waals surface area contributed by atoms with Crippen LogP contribution in [0, 0.1) is 0 Å². The molecule has 2 aromatic carbocycles. The number of fused-ring (bicyclic) bond motifs is 1. The summed E-state index contributed by atoms with van der Waals surface area (Å²) in [6, 6.07) is 13.5. The molecule has 118 valence electrons. The Hall–Kier alpha value is -2.10. The maximum Gasteiger partial charge on any atom is 0.120 e. The number of benzene rings is 2. The molecule has 0 saturated heterocycles. The molecule has 1 aromatic heterocycles. The topological polar surface area (TPSA) is 36.4 Å². The molecule has 3 nitrogen and oxygen atoms in total. The van der Waals surface area contributed by atoms with Crippen molar-refractivity contribution in [3.63, 3.8) is 0 Å². The molecule has 1 heterocycles. The van der Waals surface area contributed by atoms with Gasteiger partial charge in [-0.05, 0) is 35.7 Å². The Balaban J connectivity index is 1.90. The minimum atomic E-state index is 0.308. The second kappa shape index (κ2) is 6.99. The van der Waals surface area contributed by atoms with Gasteiger partial charge in [-0.1, -0.05) is 42.8 Å². The number of hydrogen-bond donors (Lipinski definition) is 1. The first-order chi connectivity index (χ1) is 11.2. The molecular formula is C19H19ClN2O. The molecular weight excluding hydrogens is 308 g/mol. The predicted octanol–water partition coefficient (Wildman–Crippen LogP) is 4.62. The molecule has 0 fully saturated rings. The molecule has 1 N–H and O–H groups in total. The van der Waals surface area contributed by atoms with Gasteiger partial charge in [0, 0.05) is 41.5 Å². The third-order valence-corrected chi connectivity index (χ3v) is 4.46. The Morgan fingerprint density at radius 3 is 2.70 bits per heavy atom. The van der Waals surface area contributed by atoms with Crippen LogP contribution in [0.25, 0.3) is 10.8 Å². The number of hydrogen-bond acceptors (Lipinski definition) is 3. The average molecular weight is 327 g/mol. The zero-order valence-electron chi connectivity index (χ0n) is 13.0. The molecule has 0 amide bonds. The van der Waals surface area contributed by atoms with Gasteiger partial charge < -0.3 is 5.11 Å². The normalized spacial score (nSPS) is 11.3. The minimum Gasteiger partial charge on any atom is -0.508 e. The maximum absolute atomic E-state index is 10.3. The summed E-state index contributed by atoms with van der Waals surface area (Å²) in [5.41, 5.74) is 2.00. The van der Waals surface area contributed by atoms with E-state index in [0.717, 1.165) is 40.0 Å². The monoisotopic (exact) mass is 326 g/mol. The maximum atomic E-state index is 10.3. The van der Waals surface area contributed by atoms with E-state index in [2.05, 4.69) is 16.8 Å². The number of phenolic OH excluding ortho intramolecular Hbond substituents is 1. The Bertz CT molecular complexity index is 819. The fraction of sp³-hybridized carbons (Fsp3) is 0.211. The lowest BCUT2D eigenvalue weighted by atomic mass is 10.0. The van der Waals surface area contributed by atoms with Crippen molar-refractivity contribution in [3.05, 3.63) is 71.0 Å². The standard InChI is InChI=1S/C19H19ClN2O/c1-2-22(12-15-5-3-4-6-18(15)20)13-17-16-11-21-10-9-14(16)7-8-19(17)23/h3-11,23H,2,12-13H2,1H3. The number of phenols is 1. The van der Waals surface area contributed by atoms with Crippen LogP contribution in [-0.4, -0.2) is 21.5 Å². The van der Waals surface area contributed by atoms with E-state index in [1.54, 1.807) is 12.3 Å². The molecule has 0 radical (unpaired) electrons. The highest BCUT2D eigenvalue weighted by Crippen LogP contribution is 2.28. The molecule has 23 heavy (non-hydrogen) atoms. The number of pyridine rings is 1. The molecule has 0 saturated carbocycles. The molecule has 0 unspecified atom stereocenters. The van der Waals surface area contributed by atoms with E-state index in [1.165, 1.54) is 0 Å². The number of aromatic nitrogens is 1. The van der Waals surface area contributed by atoms with Crippen molar-refractivity contribution in [1.82, 2.24) is 9.88 Å². The Labute approximate surface area is 141 Å². The Morgan fingerprint density at radius 1 is 1.09 bits per heavy atom. The first-order valence-corrected chi connectivity index (χ1v) is 8.07. The molecule has 4 heteroatoms. The van der Waals surface area contributed by atoms with Crippen LogP contribution in [0.5, 0.6) is 5.75 Å². The van der Waals surface area contributed by atoms with Gasteiger partial charge in [-0.3, -0.25) is 9.88 Å². The van der Waals surface area contributed by atoms with Gasteiger partial charge >= 0.3 is 0 Å². The van der Waals surface area contributed by atoms with Gasteiger partial charge in [-0.25, -0.2) is 0 Å². The predicted molar refractivity (Wildman–Crippen MR) is 94.6 cm³/mol. The largest absolute Gasteiger partial charge is 0.508 e. The zero-order valence-corrected chi connectivity index (χ0v) is 13.8. The smallest absolute Gasteiger partial charge is 0.120 e. The average Bonchev–Trinajstić information content (AvgIpc) is 2.58. The first kappa shape index (κ1) is 15.8. The van der Waals surface area contributed by atoms with Crippen LogP contribution in [0.2, 0.25) is 5.02 Å². The molecule has 0 atom stereocenters. The van der Waals surface area contributed by atoms with E-state index in [0.29, 0.717) is 12.3 Å². The van der Waals surface area contributed by atoms with Gasteiger partial charge in [0.15, 0.2) is 0 Å². The summed E-state index contributed by atoms with van der Waals surface area (Å²) < 4.78 is 0. The van der Waals surface area contributed by atoms with Crippen LogP contribution in [0.3, 0.4) is 0 Å². The zero-order chi connectivity index (χ0) is 16.2. The van der Waals surface area contributed by atoms with Crippen LogP contribution in [-0.2, 0) is 13.1 Å². The molecule has 3 rings (SSSR count). The highest BCUT2D eigenvalue weighted by molar-refractivity contribution is 6.31. The summed E-state index contributed by atoms with van der Waals surface area (Å²) in [5.74, 6) is 0.308. The molecule has 3 aromatic rings. The lowest BCUT2D eigenvalue weighted by molar-refractivity contribution is 0.268. The van der Waals surface area contributed by atoms with E-state index < -0.39 is 0 Å². The minimum absolute atomic E-state index is 0.308. The lowest BCUT2D eigenvalue weighted by Crippen LogP contribution is -2.22. The summed E-state index contributed by atoms with van der Waals surface area (Å²) in [4.78, 5) is 6.45. The summed E-state index contributed by atoms with van der Waals surface area (Å²) >= 11 is 6.27. The van der Waals surface area contributed by atoms with Gasteiger partial charge in [0.2, 0.25) is 0 Å².